The molecular weight excluding hydrogens is 720 g/mol. The van der Waals surface area contributed by atoms with E-state index in [-0.39, 0.29) is 22.0 Å². The zero-order valence-electron chi connectivity index (χ0n) is 26.3. The highest BCUT2D eigenvalue weighted by atomic mass is 79.9. The van der Waals surface area contributed by atoms with Crippen LogP contribution in [0.3, 0.4) is 0 Å². The van der Waals surface area contributed by atoms with Gasteiger partial charge in [-0.25, -0.2) is 38.7 Å². The van der Waals surface area contributed by atoms with Gasteiger partial charge in [0, 0.05) is 8.95 Å². The van der Waals surface area contributed by atoms with Gasteiger partial charge < -0.3 is 0 Å². The molecule has 0 unspecified atom stereocenters. The Kier molecular flexibility index (Phi) is 12.4. The van der Waals surface area contributed by atoms with Crippen molar-refractivity contribution < 1.29 is 38.7 Å². The fourth-order valence-corrected chi connectivity index (χ4v) is 4.26. The lowest BCUT2D eigenvalue weighted by atomic mass is 9.87. The number of halogens is 2. The van der Waals surface area contributed by atoms with E-state index in [1.54, 1.807) is 72.8 Å². The molecule has 0 aliphatic carbocycles. The van der Waals surface area contributed by atoms with Crippen molar-refractivity contribution >= 4 is 55.7 Å². The van der Waals surface area contributed by atoms with E-state index >= 15 is 0 Å². The number of carbonyl (C=O) groups excluding carboxylic acids is 4. The Balaban J connectivity index is 0.000000259. The molecule has 0 spiro atoms. The van der Waals surface area contributed by atoms with E-state index in [0.29, 0.717) is 11.1 Å². The summed E-state index contributed by atoms with van der Waals surface area (Å²) in [4.78, 5) is 65.7. The SMILES string of the molecule is CC(C)(C)c1ccc(C(=O)OOC(=O)c2ccc(C(C)(C)C)cc2)cc1.O=C(OOC(=O)c1ccc(Br)cc1)c1ccc(Br)cc1. The minimum absolute atomic E-state index is 0.00584. The molecule has 4 aromatic carbocycles. The molecule has 8 nitrogen and oxygen atoms in total. The Morgan fingerprint density at radius 1 is 0.391 bits per heavy atom. The lowest BCUT2D eigenvalue weighted by molar-refractivity contribution is -0.187. The van der Waals surface area contributed by atoms with E-state index in [9.17, 15) is 19.2 Å². The van der Waals surface area contributed by atoms with Gasteiger partial charge in [-0.2, -0.15) is 0 Å². The average Bonchev–Trinajstić information content (AvgIpc) is 3.02. The van der Waals surface area contributed by atoms with Crippen LogP contribution in [0.15, 0.2) is 106 Å². The summed E-state index contributed by atoms with van der Waals surface area (Å²) in [5, 5.41) is 0. The Morgan fingerprint density at radius 3 is 0.783 bits per heavy atom. The first-order valence-electron chi connectivity index (χ1n) is 14.1. The van der Waals surface area contributed by atoms with E-state index in [1.165, 1.54) is 0 Å². The summed E-state index contributed by atoms with van der Waals surface area (Å²) in [5.41, 5.74) is 3.42. The monoisotopic (exact) mass is 752 g/mol. The number of rotatable bonds is 4. The van der Waals surface area contributed by atoms with Crippen molar-refractivity contribution in [2.45, 2.75) is 52.4 Å². The molecule has 240 valence electrons. The van der Waals surface area contributed by atoms with Crippen LogP contribution in [0, 0.1) is 0 Å². The molecule has 0 fully saturated rings. The van der Waals surface area contributed by atoms with Crippen LogP contribution in [0.4, 0.5) is 0 Å². The molecular formula is C36H34Br2O8. The molecule has 0 aliphatic rings. The smallest absolute Gasteiger partial charge is 0.242 e. The van der Waals surface area contributed by atoms with Gasteiger partial charge in [0.15, 0.2) is 0 Å². The van der Waals surface area contributed by atoms with Crippen molar-refractivity contribution in [2.75, 3.05) is 0 Å². The molecule has 0 atom stereocenters. The Morgan fingerprint density at radius 2 is 0.587 bits per heavy atom. The molecule has 0 radical (unpaired) electrons. The van der Waals surface area contributed by atoms with Crippen molar-refractivity contribution in [1.29, 1.82) is 0 Å². The van der Waals surface area contributed by atoms with Crippen molar-refractivity contribution in [3.8, 4) is 0 Å². The van der Waals surface area contributed by atoms with Crippen molar-refractivity contribution in [2.24, 2.45) is 0 Å². The second kappa shape index (κ2) is 15.8. The van der Waals surface area contributed by atoms with Crippen LogP contribution in [0.2, 0.25) is 0 Å². The summed E-state index contributed by atoms with van der Waals surface area (Å²) in [6.45, 7) is 12.5. The van der Waals surface area contributed by atoms with Gasteiger partial charge in [0.1, 0.15) is 0 Å². The van der Waals surface area contributed by atoms with Gasteiger partial charge in [0.25, 0.3) is 0 Å². The molecule has 0 amide bonds. The first-order valence-corrected chi connectivity index (χ1v) is 15.7. The Labute approximate surface area is 285 Å². The van der Waals surface area contributed by atoms with E-state index in [4.69, 9.17) is 0 Å². The van der Waals surface area contributed by atoms with Gasteiger partial charge in [-0.05, 0) is 94.8 Å². The molecule has 0 saturated carbocycles. The Bertz CT molecular complexity index is 1520. The highest BCUT2D eigenvalue weighted by Crippen LogP contribution is 2.24. The van der Waals surface area contributed by atoms with Crippen LogP contribution >= 0.6 is 31.9 Å². The Hall–Kier alpha value is -4.28. The first kappa shape index (κ1) is 36.2. The average molecular weight is 754 g/mol. The van der Waals surface area contributed by atoms with Crippen LogP contribution < -0.4 is 0 Å². The van der Waals surface area contributed by atoms with Gasteiger partial charge in [-0.15, -0.1) is 0 Å². The fraction of sp³-hybridized carbons (Fsp3) is 0.222. The van der Waals surface area contributed by atoms with E-state index in [2.05, 4.69) is 93.0 Å². The van der Waals surface area contributed by atoms with Crippen LogP contribution in [-0.2, 0) is 30.4 Å². The number of hydrogen-bond acceptors (Lipinski definition) is 8. The largest absolute Gasteiger partial charge is 0.386 e. The van der Waals surface area contributed by atoms with Gasteiger partial charge in [-0.1, -0.05) is 97.7 Å². The van der Waals surface area contributed by atoms with Crippen LogP contribution in [-0.4, -0.2) is 23.9 Å². The van der Waals surface area contributed by atoms with E-state index in [1.807, 2.05) is 24.3 Å². The number of carbonyl (C=O) groups is 4. The van der Waals surface area contributed by atoms with Crippen molar-refractivity contribution in [3.05, 3.63) is 139 Å². The fourth-order valence-electron chi connectivity index (χ4n) is 3.73. The molecule has 0 aliphatic heterocycles. The zero-order valence-corrected chi connectivity index (χ0v) is 29.4. The molecule has 0 saturated heterocycles. The van der Waals surface area contributed by atoms with Gasteiger partial charge in [0.2, 0.25) is 0 Å². The summed E-state index contributed by atoms with van der Waals surface area (Å²) < 4.78 is 1.67. The normalized spacial score (nSPS) is 11.0. The van der Waals surface area contributed by atoms with Crippen molar-refractivity contribution in [3.63, 3.8) is 0 Å². The van der Waals surface area contributed by atoms with Crippen LogP contribution in [0.25, 0.3) is 0 Å². The maximum atomic E-state index is 12.0. The standard InChI is InChI=1S/C22H26O4.C14H8Br2O4/c1-21(2,3)17-11-7-15(8-12-17)19(23)25-26-20(24)16-9-13-18(14-10-16)22(4,5)6;15-11-5-1-9(2-6-11)13(17)19-20-14(18)10-3-7-12(16)8-4-10/h7-14H,1-6H3;1-8H. The number of benzene rings is 4. The lowest BCUT2D eigenvalue weighted by Crippen LogP contribution is -2.14. The highest BCUT2D eigenvalue weighted by Gasteiger charge is 2.19. The quantitative estimate of drug-likeness (QED) is 0.150. The molecule has 10 heteroatoms. The third-order valence-electron chi connectivity index (χ3n) is 6.52. The predicted octanol–water partition coefficient (Wildman–Crippen LogP) is 9.35. The maximum absolute atomic E-state index is 12.0. The zero-order chi connectivity index (χ0) is 34.1. The highest BCUT2D eigenvalue weighted by molar-refractivity contribution is 9.10. The second-order valence-corrected chi connectivity index (χ2v) is 14.0. The summed E-state index contributed by atoms with van der Waals surface area (Å²) in [6, 6.07) is 27.1. The molecule has 46 heavy (non-hydrogen) atoms. The van der Waals surface area contributed by atoms with E-state index in [0.717, 1.165) is 20.1 Å². The molecule has 0 N–H and O–H groups in total. The molecule has 0 bridgehead atoms. The van der Waals surface area contributed by atoms with Crippen LogP contribution in [0.1, 0.15) is 94.1 Å². The van der Waals surface area contributed by atoms with Gasteiger partial charge in [-0.3, -0.25) is 0 Å². The van der Waals surface area contributed by atoms with Gasteiger partial charge >= 0.3 is 23.9 Å². The maximum Gasteiger partial charge on any atom is 0.386 e. The second-order valence-electron chi connectivity index (χ2n) is 12.2. The molecule has 0 heterocycles. The molecule has 4 rings (SSSR count). The first-order chi connectivity index (χ1) is 21.5. The third kappa shape index (κ3) is 11.0. The third-order valence-corrected chi connectivity index (χ3v) is 7.58. The van der Waals surface area contributed by atoms with Crippen LogP contribution in [0.5, 0.6) is 0 Å². The topological polar surface area (TPSA) is 105 Å². The minimum atomic E-state index is -0.733. The summed E-state index contributed by atoms with van der Waals surface area (Å²) in [7, 11) is 0. The molecule has 0 aromatic heterocycles. The van der Waals surface area contributed by atoms with Crippen molar-refractivity contribution in [1.82, 2.24) is 0 Å². The molecule has 4 aromatic rings. The van der Waals surface area contributed by atoms with Gasteiger partial charge in [0.05, 0.1) is 22.3 Å². The van der Waals surface area contributed by atoms with E-state index < -0.39 is 23.9 Å². The summed E-state index contributed by atoms with van der Waals surface area (Å²) in [5.74, 6) is -2.87. The predicted molar refractivity (Wildman–Crippen MR) is 180 cm³/mol. The minimum Gasteiger partial charge on any atom is -0.242 e. The summed E-state index contributed by atoms with van der Waals surface area (Å²) >= 11 is 6.50. The summed E-state index contributed by atoms with van der Waals surface area (Å²) in [6.07, 6.45) is 0. The lowest BCUT2D eigenvalue weighted by Gasteiger charge is -2.19. The number of hydrogen-bond donors (Lipinski definition) is 0.